The molecule has 0 aliphatic carbocycles. The number of imidazole rings is 1. The van der Waals surface area contributed by atoms with Crippen LogP contribution in [0.4, 0.5) is 9.18 Å². The van der Waals surface area contributed by atoms with Crippen LogP contribution in [0.25, 0.3) is 11.2 Å². The van der Waals surface area contributed by atoms with Gasteiger partial charge in [0.25, 0.3) is 0 Å². The Balaban J connectivity index is 1.63. The fraction of sp³-hybridized carbons (Fsp3) is 0.368. The number of hydrogen-bond donors (Lipinski definition) is 0. The van der Waals surface area contributed by atoms with Crippen LogP contribution >= 0.6 is 0 Å². The normalized spacial score (nSPS) is 14.6. The fourth-order valence-corrected chi connectivity index (χ4v) is 3.41. The van der Waals surface area contributed by atoms with Crippen LogP contribution in [0.15, 0.2) is 35.3 Å². The molecule has 1 fully saturated rings. The molecule has 1 saturated heterocycles. The molecular formula is C19H20FN5O2. The summed E-state index contributed by atoms with van der Waals surface area (Å²) in [6.45, 7) is 2.90. The number of carbonyl (C=O) groups excluding carboxylic acids is 1. The Bertz CT molecular complexity index is 1080. The summed E-state index contributed by atoms with van der Waals surface area (Å²) in [6.07, 6.45) is 3.14. The first kappa shape index (κ1) is 17.4. The molecule has 3 heterocycles. The molecular weight excluding hydrogens is 349 g/mol. The monoisotopic (exact) mass is 369 g/mol. The molecule has 0 bridgehead atoms. The number of nitrogens with zero attached hydrogens (tertiary/aromatic N) is 5. The van der Waals surface area contributed by atoms with E-state index in [1.807, 2.05) is 13.0 Å². The van der Waals surface area contributed by atoms with Crippen molar-refractivity contribution in [1.82, 2.24) is 24.0 Å². The molecule has 1 aliphatic rings. The Morgan fingerprint density at radius 2 is 2.11 bits per heavy atom. The van der Waals surface area contributed by atoms with Gasteiger partial charge in [0.05, 0.1) is 6.20 Å². The molecule has 7 nitrogen and oxygen atoms in total. The second kappa shape index (κ2) is 6.61. The van der Waals surface area contributed by atoms with Gasteiger partial charge < -0.3 is 4.90 Å². The zero-order valence-corrected chi connectivity index (χ0v) is 15.2. The Morgan fingerprint density at radius 3 is 2.81 bits per heavy atom. The molecule has 1 amide bonds. The van der Waals surface area contributed by atoms with Crippen LogP contribution < -0.4 is 5.69 Å². The molecule has 27 heavy (non-hydrogen) atoms. The third kappa shape index (κ3) is 2.90. The minimum absolute atomic E-state index is 0.0700. The number of carbonyl (C=O) groups is 1. The van der Waals surface area contributed by atoms with Crippen molar-refractivity contribution in [2.75, 3.05) is 13.1 Å². The summed E-state index contributed by atoms with van der Waals surface area (Å²) in [7, 11) is 1.60. The van der Waals surface area contributed by atoms with Crippen molar-refractivity contribution in [3.63, 3.8) is 0 Å². The number of aryl methyl sites for hydroxylation is 2. The lowest BCUT2D eigenvalue weighted by Crippen LogP contribution is -2.52. The second-order valence-corrected chi connectivity index (χ2v) is 6.86. The molecule has 0 spiro atoms. The predicted octanol–water partition coefficient (Wildman–Crippen LogP) is 2.29. The van der Waals surface area contributed by atoms with Gasteiger partial charge in [-0.3, -0.25) is 4.57 Å². The molecule has 1 aromatic carbocycles. The van der Waals surface area contributed by atoms with Crippen LogP contribution in [0.2, 0.25) is 0 Å². The summed E-state index contributed by atoms with van der Waals surface area (Å²) in [5, 5.41) is 0. The number of aromatic nitrogens is 4. The van der Waals surface area contributed by atoms with Gasteiger partial charge in [0, 0.05) is 32.5 Å². The molecule has 0 N–H and O–H groups in total. The van der Waals surface area contributed by atoms with Gasteiger partial charge in [-0.1, -0.05) is 19.1 Å². The zero-order chi connectivity index (χ0) is 19.1. The molecule has 140 valence electrons. The van der Waals surface area contributed by atoms with Crippen molar-refractivity contribution in [2.45, 2.75) is 25.7 Å². The first-order valence-corrected chi connectivity index (χ1v) is 8.97. The molecule has 8 heteroatoms. The number of likely N-dealkylation sites (tertiary alicyclic amines) is 1. The summed E-state index contributed by atoms with van der Waals surface area (Å²) in [5.74, 6) is 0.390. The summed E-state index contributed by atoms with van der Waals surface area (Å²) in [5.41, 5.74) is 1.28. The van der Waals surface area contributed by atoms with E-state index in [2.05, 4.69) is 9.97 Å². The largest absolute Gasteiger partial charge is 0.338 e. The van der Waals surface area contributed by atoms with Crippen LogP contribution in [0.1, 0.15) is 30.7 Å². The molecule has 0 saturated carbocycles. The average Bonchev–Trinajstić information content (AvgIpc) is 2.84. The molecule has 3 aromatic rings. The average molecular weight is 369 g/mol. The van der Waals surface area contributed by atoms with Crippen LogP contribution in [-0.4, -0.2) is 43.1 Å². The summed E-state index contributed by atoms with van der Waals surface area (Å²) in [4.78, 5) is 35.8. The molecule has 0 unspecified atom stereocenters. The second-order valence-electron chi connectivity index (χ2n) is 6.86. The Kier molecular flexibility index (Phi) is 4.25. The van der Waals surface area contributed by atoms with Crippen LogP contribution in [0.5, 0.6) is 0 Å². The lowest BCUT2D eigenvalue weighted by Gasteiger charge is -2.39. The van der Waals surface area contributed by atoms with Crippen molar-refractivity contribution >= 4 is 17.2 Å². The topological polar surface area (TPSA) is 73.0 Å². The minimum Gasteiger partial charge on any atom is -0.323 e. The van der Waals surface area contributed by atoms with E-state index < -0.39 is 11.7 Å². The quantitative estimate of drug-likeness (QED) is 0.710. The summed E-state index contributed by atoms with van der Waals surface area (Å²) in [6, 6.07) is 6.00. The number of halogens is 1. The van der Waals surface area contributed by atoms with Gasteiger partial charge >= 0.3 is 11.7 Å². The first-order chi connectivity index (χ1) is 13.0. The van der Waals surface area contributed by atoms with Gasteiger partial charge in [-0.15, -0.1) is 0 Å². The lowest BCUT2D eigenvalue weighted by molar-refractivity contribution is 0.152. The Labute approximate surface area is 155 Å². The zero-order valence-electron chi connectivity index (χ0n) is 15.2. The highest BCUT2D eigenvalue weighted by Gasteiger charge is 2.34. The van der Waals surface area contributed by atoms with E-state index in [0.29, 0.717) is 36.5 Å². The van der Waals surface area contributed by atoms with Crippen molar-refractivity contribution in [2.24, 2.45) is 7.05 Å². The SMILES string of the molecule is CCCc1ncc2c(n1)n(C(=O)N1CC(c3cccc(F)c3)C1)c(=O)n2C. The van der Waals surface area contributed by atoms with E-state index in [4.69, 9.17) is 0 Å². The molecule has 0 atom stereocenters. The van der Waals surface area contributed by atoms with Gasteiger partial charge in [0.2, 0.25) is 0 Å². The smallest absolute Gasteiger partial charge is 0.323 e. The number of benzene rings is 1. The summed E-state index contributed by atoms with van der Waals surface area (Å²) >= 11 is 0. The third-order valence-corrected chi connectivity index (χ3v) is 4.99. The van der Waals surface area contributed by atoms with Crippen molar-refractivity contribution in [3.05, 3.63) is 58.2 Å². The highest BCUT2D eigenvalue weighted by Crippen LogP contribution is 2.28. The Morgan fingerprint density at radius 1 is 1.33 bits per heavy atom. The highest BCUT2D eigenvalue weighted by atomic mass is 19.1. The third-order valence-electron chi connectivity index (χ3n) is 4.99. The van der Waals surface area contributed by atoms with E-state index >= 15 is 0 Å². The highest BCUT2D eigenvalue weighted by molar-refractivity contribution is 5.87. The maximum absolute atomic E-state index is 13.4. The minimum atomic E-state index is -0.438. The number of hydrogen-bond acceptors (Lipinski definition) is 4. The van der Waals surface area contributed by atoms with Gasteiger partial charge in [-0.25, -0.2) is 23.9 Å². The van der Waals surface area contributed by atoms with E-state index in [1.165, 1.54) is 16.7 Å². The number of rotatable bonds is 3. The van der Waals surface area contributed by atoms with Gasteiger partial charge in [-0.05, 0) is 24.1 Å². The molecule has 4 rings (SSSR count). The predicted molar refractivity (Wildman–Crippen MR) is 98.3 cm³/mol. The van der Waals surface area contributed by atoms with Crippen molar-refractivity contribution in [3.8, 4) is 0 Å². The van der Waals surface area contributed by atoms with Crippen LogP contribution in [0, 0.1) is 5.82 Å². The van der Waals surface area contributed by atoms with Crippen molar-refractivity contribution < 1.29 is 9.18 Å². The van der Waals surface area contributed by atoms with Crippen LogP contribution in [-0.2, 0) is 13.5 Å². The van der Waals surface area contributed by atoms with Gasteiger partial charge in [0.15, 0.2) is 5.65 Å². The van der Waals surface area contributed by atoms with E-state index in [-0.39, 0.29) is 11.7 Å². The van der Waals surface area contributed by atoms with Crippen molar-refractivity contribution in [1.29, 1.82) is 0 Å². The lowest BCUT2D eigenvalue weighted by atomic mass is 9.92. The van der Waals surface area contributed by atoms with E-state index in [9.17, 15) is 14.0 Å². The number of amides is 1. The van der Waals surface area contributed by atoms with Gasteiger partial charge in [-0.2, -0.15) is 4.57 Å². The number of fused-ring (bicyclic) bond motifs is 1. The molecule has 1 aliphatic heterocycles. The molecule has 2 aromatic heterocycles. The maximum Gasteiger partial charge on any atom is 0.338 e. The first-order valence-electron chi connectivity index (χ1n) is 8.97. The van der Waals surface area contributed by atoms with Gasteiger partial charge in [0.1, 0.15) is 17.2 Å². The van der Waals surface area contributed by atoms with E-state index in [0.717, 1.165) is 16.6 Å². The van der Waals surface area contributed by atoms with Crippen LogP contribution in [0.3, 0.4) is 0 Å². The summed E-state index contributed by atoms with van der Waals surface area (Å²) < 4.78 is 15.9. The standard InChI is InChI=1S/C19H20FN5O2/c1-3-5-16-21-9-15-17(22-16)25(18(26)23(15)2)19(27)24-10-13(11-24)12-6-4-7-14(20)8-12/h4,6-9,13H,3,5,10-11H2,1-2H3. The fourth-order valence-electron chi connectivity index (χ4n) is 3.41. The van der Waals surface area contributed by atoms with E-state index in [1.54, 1.807) is 24.2 Å². The maximum atomic E-state index is 13.4. The Hall–Kier alpha value is -3.03. The molecule has 0 radical (unpaired) electrons.